The molecule has 24 heavy (non-hydrogen) atoms. The third-order valence-corrected chi connectivity index (χ3v) is 3.27. The van der Waals surface area contributed by atoms with Crippen molar-refractivity contribution in [3.63, 3.8) is 0 Å². The molecule has 1 unspecified atom stereocenters. The molecule has 0 aliphatic heterocycles. The molecule has 0 heterocycles. The monoisotopic (exact) mass is 332 g/mol. The summed E-state index contributed by atoms with van der Waals surface area (Å²) < 4.78 is 10.2. The predicted molar refractivity (Wildman–Crippen MR) is 88.8 cm³/mol. The van der Waals surface area contributed by atoms with E-state index < -0.39 is 24.2 Å². The van der Waals surface area contributed by atoms with Crippen LogP contribution in [0.15, 0.2) is 30.3 Å². The van der Waals surface area contributed by atoms with Crippen molar-refractivity contribution in [2.24, 2.45) is 5.92 Å². The topological polar surface area (TPSA) is 88.4 Å². The van der Waals surface area contributed by atoms with Gasteiger partial charge >= 0.3 is 12.1 Å². The van der Waals surface area contributed by atoms with Crippen molar-refractivity contribution >= 4 is 12.1 Å². The Morgan fingerprint density at radius 1 is 1.25 bits per heavy atom. The molecule has 0 spiro atoms. The van der Waals surface area contributed by atoms with E-state index in [1.165, 1.54) is 0 Å². The van der Waals surface area contributed by atoms with Crippen LogP contribution in [-0.4, -0.2) is 24.2 Å². The Morgan fingerprint density at radius 3 is 2.46 bits per heavy atom. The van der Waals surface area contributed by atoms with Crippen LogP contribution >= 0.6 is 0 Å². The van der Waals surface area contributed by atoms with Gasteiger partial charge in [-0.25, -0.2) is 9.59 Å². The largest absolute Gasteiger partial charge is 0.445 e. The van der Waals surface area contributed by atoms with E-state index in [9.17, 15) is 9.59 Å². The summed E-state index contributed by atoms with van der Waals surface area (Å²) in [5.74, 6) is -0.451. The molecule has 0 saturated carbocycles. The molecule has 6 heteroatoms. The van der Waals surface area contributed by atoms with Crippen LogP contribution in [0.4, 0.5) is 4.79 Å². The SMILES string of the molecule is CCC(C#N)OC(=O)[C@H](CC(C)C)NC(=O)OCc1ccccc1. The van der Waals surface area contributed by atoms with Gasteiger partial charge in [-0.1, -0.05) is 51.1 Å². The Kier molecular flexibility index (Phi) is 8.34. The minimum absolute atomic E-state index is 0.117. The van der Waals surface area contributed by atoms with E-state index in [0.29, 0.717) is 12.8 Å². The Bertz CT molecular complexity index is 566. The van der Waals surface area contributed by atoms with Gasteiger partial charge in [-0.05, 0) is 24.3 Å². The second-order valence-corrected chi connectivity index (χ2v) is 5.85. The fourth-order valence-corrected chi connectivity index (χ4v) is 2.02. The smallest absolute Gasteiger partial charge is 0.408 e. The van der Waals surface area contributed by atoms with Crippen LogP contribution in [-0.2, 0) is 20.9 Å². The number of nitrogens with zero attached hydrogens (tertiary/aromatic N) is 1. The van der Waals surface area contributed by atoms with Gasteiger partial charge in [0, 0.05) is 0 Å². The molecule has 130 valence electrons. The summed E-state index contributed by atoms with van der Waals surface area (Å²) in [7, 11) is 0. The van der Waals surface area contributed by atoms with Gasteiger partial charge in [-0.15, -0.1) is 0 Å². The van der Waals surface area contributed by atoms with Gasteiger partial charge in [0.05, 0.1) is 0 Å². The molecule has 1 rings (SSSR count). The van der Waals surface area contributed by atoms with Crippen molar-refractivity contribution in [2.45, 2.75) is 52.4 Å². The Morgan fingerprint density at radius 2 is 1.92 bits per heavy atom. The van der Waals surface area contributed by atoms with E-state index >= 15 is 0 Å². The third-order valence-electron chi connectivity index (χ3n) is 3.27. The van der Waals surface area contributed by atoms with Crippen molar-refractivity contribution in [3.05, 3.63) is 35.9 Å². The first-order valence-corrected chi connectivity index (χ1v) is 8.03. The van der Waals surface area contributed by atoms with Crippen molar-refractivity contribution in [1.82, 2.24) is 5.32 Å². The number of carbonyl (C=O) groups is 2. The van der Waals surface area contributed by atoms with E-state index in [4.69, 9.17) is 14.7 Å². The first-order chi connectivity index (χ1) is 11.5. The molecule has 2 atom stereocenters. The van der Waals surface area contributed by atoms with E-state index in [2.05, 4.69) is 5.32 Å². The molecule has 0 bridgehead atoms. The third kappa shape index (κ3) is 7.14. The summed E-state index contributed by atoms with van der Waals surface area (Å²) in [4.78, 5) is 24.1. The summed E-state index contributed by atoms with van der Waals surface area (Å²) in [5.41, 5.74) is 0.853. The second-order valence-electron chi connectivity index (χ2n) is 5.85. The number of esters is 1. The highest BCUT2D eigenvalue weighted by Gasteiger charge is 2.26. The van der Waals surface area contributed by atoms with Crippen LogP contribution in [0.5, 0.6) is 0 Å². The van der Waals surface area contributed by atoms with Gasteiger partial charge in [0.2, 0.25) is 0 Å². The summed E-state index contributed by atoms with van der Waals surface area (Å²) in [6, 6.07) is 10.3. The molecule has 6 nitrogen and oxygen atoms in total. The summed E-state index contributed by atoms with van der Waals surface area (Å²) in [5, 5.41) is 11.4. The molecule has 0 aliphatic rings. The van der Waals surface area contributed by atoms with Gasteiger partial charge in [-0.2, -0.15) is 5.26 Å². The minimum atomic E-state index is -0.837. The number of rotatable bonds is 8. The first kappa shape index (κ1) is 19.5. The zero-order valence-corrected chi connectivity index (χ0v) is 14.3. The fourth-order valence-electron chi connectivity index (χ4n) is 2.02. The maximum absolute atomic E-state index is 12.2. The van der Waals surface area contributed by atoms with E-state index in [1.807, 2.05) is 50.2 Å². The molecule has 0 aliphatic carbocycles. The van der Waals surface area contributed by atoms with Crippen LogP contribution in [0.3, 0.4) is 0 Å². The first-order valence-electron chi connectivity index (χ1n) is 8.03. The van der Waals surface area contributed by atoms with Crippen LogP contribution < -0.4 is 5.32 Å². The molecule has 0 fully saturated rings. The lowest BCUT2D eigenvalue weighted by atomic mass is 10.0. The normalized spacial score (nSPS) is 12.8. The number of alkyl carbamates (subject to hydrolysis) is 1. The van der Waals surface area contributed by atoms with E-state index in [1.54, 1.807) is 6.92 Å². The average molecular weight is 332 g/mol. The van der Waals surface area contributed by atoms with Crippen LogP contribution in [0, 0.1) is 17.2 Å². The minimum Gasteiger partial charge on any atom is -0.445 e. The molecule has 1 aromatic carbocycles. The number of ether oxygens (including phenoxy) is 2. The Balaban J connectivity index is 2.59. The van der Waals surface area contributed by atoms with Gasteiger partial charge < -0.3 is 14.8 Å². The van der Waals surface area contributed by atoms with Gasteiger partial charge in [0.1, 0.15) is 18.7 Å². The average Bonchev–Trinajstić information content (AvgIpc) is 2.57. The molecule has 1 aromatic rings. The Hall–Kier alpha value is -2.55. The molecular weight excluding hydrogens is 308 g/mol. The molecule has 1 N–H and O–H groups in total. The number of nitriles is 1. The molecule has 0 radical (unpaired) electrons. The number of hydrogen-bond donors (Lipinski definition) is 1. The number of benzene rings is 1. The van der Waals surface area contributed by atoms with Crippen molar-refractivity contribution in [1.29, 1.82) is 5.26 Å². The van der Waals surface area contributed by atoms with Gasteiger partial charge in [0.15, 0.2) is 6.10 Å². The number of carbonyl (C=O) groups excluding carboxylic acids is 2. The lowest BCUT2D eigenvalue weighted by molar-refractivity contribution is -0.149. The Labute approximate surface area is 142 Å². The van der Waals surface area contributed by atoms with Crippen LogP contribution in [0.2, 0.25) is 0 Å². The summed E-state index contributed by atoms with van der Waals surface area (Å²) >= 11 is 0. The lowest BCUT2D eigenvalue weighted by Gasteiger charge is -2.20. The highest BCUT2D eigenvalue weighted by molar-refractivity contribution is 5.81. The number of amides is 1. The summed E-state index contributed by atoms with van der Waals surface area (Å²) in [6.45, 7) is 5.73. The van der Waals surface area contributed by atoms with Crippen LogP contribution in [0.25, 0.3) is 0 Å². The van der Waals surface area contributed by atoms with Crippen molar-refractivity contribution in [3.8, 4) is 6.07 Å². The van der Waals surface area contributed by atoms with Crippen molar-refractivity contribution < 1.29 is 19.1 Å². The highest BCUT2D eigenvalue weighted by atomic mass is 16.6. The standard InChI is InChI=1S/C18H24N2O4/c1-4-15(11-19)24-17(21)16(10-13(2)3)20-18(22)23-12-14-8-6-5-7-9-14/h5-9,13,15-16H,4,10,12H2,1-3H3,(H,20,22)/t15?,16-/m0/s1. The van der Waals surface area contributed by atoms with Crippen LogP contribution in [0.1, 0.15) is 39.2 Å². The zero-order chi connectivity index (χ0) is 17.9. The van der Waals surface area contributed by atoms with Crippen molar-refractivity contribution in [2.75, 3.05) is 0 Å². The molecular formula is C18H24N2O4. The lowest BCUT2D eigenvalue weighted by Crippen LogP contribution is -2.43. The number of nitrogens with one attached hydrogen (secondary N) is 1. The maximum Gasteiger partial charge on any atom is 0.408 e. The molecule has 0 aromatic heterocycles. The predicted octanol–water partition coefficient (Wildman–Crippen LogP) is 3.17. The molecule has 0 saturated heterocycles. The molecule has 1 amide bonds. The second kappa shape index (κ2) is 10.3. The fraction of sp³-hybridized carbons (Fsp3) is 0.500. The quantitative estimate of drug-likeness (QED) is 0.739. The maximum atomic E-state index is 12.2. The van der Waals surface area contributed by atoms with E-state index in [0.717, 1.165) is 5.56 Å². The number of hydrogen-bond acceptors (Lipinski definition) is 5. The van der Waals surface area contributed by atoms with Gasteiger partial charge in [0.25, 0.3) is 0 Å². The van der Waals surface area contributed by atoms with E-state index in [-0.39, 0.29) is 12.5 Å². The highest BCUT2D eigenvalue weighted by Crippen LogP contribution is 2.09. The summed E-state index contributed by atoms with van der Waals surface area (Å²) in [6.07, 6.45) is -0.697. The van der Waals surface area contributed by atoms with Gasteiger partial charge in [-0.3, -0.25) is 0 Å². The zero-order valence-electron chi connectivity index (χ0n) is 14.3.